The second-order valence-corrected chi connectivity index (χ2v) is 12.5. The van der Waals surface area contributed by atoms with Crippen LogP contribution in [0.5, 0.6) is 5.75 Å². The normalized spacial score (nSPS) is 12.5. The summed E-state index contributed by atoms with van der Waals surface area (Å²) in [5.41, 5.74) is 2.55. The lowest BCUT2D eigenvalue weighted by Crippen LogP contribution is -2.30. The molecule has 1 unspecified atom stereocenters. The lowest BCUT2D eigenvalue weighted by molar-refractivity contribution is -0.0355. The number of phenols is 1. The summed E-state index contributed by atoms with van der Waals surface area (Å²) in [4.78, 5) is 29.0. The zero-order valence-electron chi connectivity index (χ0n) is 26.3. The molecule has 0 aliphatic carbocycles. The van der Waals surface area contributed by atoms with Crippen molar-refractivity contribution < 1.29 is 24.5 Å². The van der Waals surface area contributed by atoms with Gasteiger partial charge in [-0.15, -0.1) is 0 Å². The van der Waals surface area contributed by atoms with Crippen LogP contribution in [0.3, 0.4) is 0 Å². The Kier molecular flexibility index (Phi) is 11.8. The van der Waals surface area contributed by atoms with Gasteiger partial charge in [-0.3, -0.25) is 14.5 Å². The molecule has 1 amide bonds. The number of nitrogens with zero attached hydrogens (tertiary/aromatic N) is 2. The van der Waals surface area contributed by atoms with Crippen molar-refractivity contribution in [2.45, 2.75) is 52.1 Å². The number of aliphatic hydroxyl groups excluding tert-OH is 1. The zero-order valence-corrected chi connectivity index (χ0v) is 27.0. The van der Waals surface area contributed by atoms with Crippen LogP contribution in [0.4, 0.5) is 0 Å². The van der Waals surface area contributed by atoms with E-state index in [2.05, 4.69) is 5.32 Å². The maximum Gasteiger partial charge on any atom is 0.257 e. The number of carbonyl (C=O) groups excluding carboxylic acids is 1. The van der Waals surface area contributed by atoms with Crippen molar-refractivity contribution in [2.24, 2.45) is 0 Å². The summed E-state index contributed by atoms with van der Waals surface area (Å²) in [6.07, 6.45) is 0.842. The molecule has 1 aromatic heterocycles. The molecule has 0 saturated heterocycles. The summed E-state index contributed by atoms with van der Waals surface area (Å²) in [7, 11) is 1.88. The standard InChI is InChI=1S/C35H42ClN3O6/c1-35(2,3)45-18-17-44-16-15-39-22-30(34(43)37-20-24-5-10-27(36)11-6-24)33(42)29-19-25(7-14-31(29)39)21-38(4)23-32(41)26-8-12-28(40)13-9-26/h5-14,19,22,32,40-41H,15-18,20-21,23H2,1-4H3,(H,37,43). The number of rotatable bonds is 14. The van der Waals surface area contributed by atoms with Gasteiger partial charge in [-0.25, -0.2) is 0 Å². The Morgan fingerprint density at radius 3 is 2.38 bits per heavy atom. The lowest BCUT2D eigenvalue weighted by atomic mass is 10.1. The van der Waals surface area contributed by atoms with Gasteiger partial charge in [0.1, 0.15) is 11.3 Å². The third-order valence-corrected chi connectivity index (χ3v) is 7.46. The number of aliphatic hydroxyl groups is 1. The van der Waals surface area contributed by atoms with E-state index in [9.17, 15) is 19.8 Å². The van der Waals surface area contributed by atoms with Gasteiger partial charge in [-0.2, -0.15) is 0 Å². The van der Waals surface area contributed by atoms with E-state index in [4.69, 9.17) is 21.1 Å². The number of pyridine rings is 1. The molecule has 0 aliphatic heterocycles. The molecule has 3 aromatic carbocycles. The summed E-state index contributed by atoms with van der Waals surface area (Å²) in [5.74, 6) is -0.329. The minimum absolute atomic E-state index is 0.0424. The molecule has 1 heterocycles. The number of nitrogens with one attached hydrogen (secondary N) is 1. The lowest BCUT2D eigenvalue weighted by Gasteiger charge is -2.21. The summed E-state index contributed by atoms with van der Waals surface area (Å²) >= 11 is 5.98. The first kappa shape index (κ1) is 34.1. The summed E-state index contributed by atoms with van der Waals surface area (Å²) in [6.45, 7) is 8.72. The van der Waals surface area contributed by atoms with E-state index in [1.807, 2.05) is 67.6 Å². The quantitative estimate of drug-likeness (QED) is 0.161. The molecule has 240 valence electrons. The molecule has 0 saturated carbocycles. The molecule has 0 fully saturated rings. The number of phenolic OH excluding ortho intramolecular Hbond substituents is 1. The number of aromatic nitrogens is 1. The number of halogens is 1. The topological polar surface area (TPSA) is 113 Å². The Morgan fingerprint density at radius 1 is 1.00 bits per heavy atom. The fraction of sp³-hybridized carbons (Fsp3) is 0.371. The van der Waals surface area contributed by atoms with Gasteiger partial charge in [-0.1, -0.05) is 41.9 Å². The smallest absolute Gasteiger partial charge is 0.257 e. The van der Waals surface area contributed by atoms with Crippen LogP contribution in [0.15, 0.2) is 77.7 Å². The number of hydrogen-bond acceptors (Lipinski definition) is 7. The Bertz CT molecular complexity index is 1630. The van der Waals surface area contributed by atoms with Gasteiger partial charge in [0.15, 0.2) is 0 Å². The molecular formula is C35H42ClN3O6. The Morgan fingerprint density at radius 2 is 1.69 bits per heavy atom. The van der Waals surface area contributed by atoms with Crippen LogP contribution < -0.4 is 10.7 Å². The molecule has 0 radical (unpaired) electrons. The molecule has 3 N–H and O–H groups in total. The van der Waals surface area contributed by atoms with Gasteiger partial charge >= 0.3 is 0 Å². The third-order valence-electron chi connectivity index (χ3n) is 7.21. The molecule has 4 aromatic rings. The number of amides is 1. The van der Waals surface area contributed by atoms with Crippen molar-refractivity contribution in [3.8, 4) is 5.75 Å². The largest absolute Gasteiger partial charge is 0.508 e. The Labute approximate surface area is 269 Å². The van der Waals surface area contributed by atoms with Gasteiger partial charge in [-0.05, 0) is 80.9 Å². The van der Waals surface area contributed by atoms with Crippen molar-refractivity contribution in [1.29, 1.82) is 0 Å². The zero-order chi connectivity index (χ0) is 32.6. The molecule has 4 rings (SSSR count). The van der Waals surface area contributed by atoms with Crippen molar-refractivity contribution in [2.75, 3.05) is 33.4 Å². The van der Waals surface area contributed by atoms with Crippen LogP contribution in [-0.2, 0) is 29.1 Å². The highest BCUT2D eigenvalue weighted by atomic mass is 35.5. The second-order valence-electron chi connectivity index (χ2n) is 12.1. The number of hydrogen-bond donors (Lipinski definition) is 3. The van der Waals surface area contributed by atoms with E-state index in [1.165, 1.54) is 0 Å². The minimum Gasteiger partial charge on any atom is -0.508 e. The van der Waals surface area contributed by atoms with Gasteiger partial charge < -0.3 is 29.6 Å². The van der Waals surface area contributed by atoms with Crippen LogP contribution in [-0.4, -0.2) is 64.6 Å². The summed E-state index contributed by atoms with van der Waals surface area (Å²) in [5, 5.41) is 24.1. The number of fused-ring (bicyclic) bond motifs is 1. The molecule has 0 spiro atoms. The van der Waals surface area contributed by atoms with E-state index in [1.54, 1.807) is 42.6 Å². The van der Waals surface area contributed by atoms with Crippen molar-refractivity contribution in [3.63, 3.8) is 0 Å². The second kappa shape index (κ2) is 15.5. The fourth-order valence-corrected chi connectivity index (χ4v) is 5.04. The van der Waals surface area contributed by atoms with E-state index in [0.29, 0.717) is 60.9 Å². The molecule has 1 atom stereocenters. The maximum absolute atomic E-state index is 13.7. The van der Waals surface area contributed by atoms with E-state index in [0.717, 1.165) is 11.1 Å². The molecule has 0 bridgehead atoms. The monoisotopic (exact) mass is 635 g/mol. The first-order valence-corrected chi connectivity index (χ1v) is 15.3. The fourth-order valence-electron chi connectivity index (χ4n) is 4.91. The van der Waals surface area contributed by atoms with Crippen molar-refractivity contribution >= 4 is 28.4 Å². The van der Waals surface area contributed by atoms with E-state index < -0.39 is 12.0 Å². The van der Waals surface area contributed by atoms with Gasteiger partial charge in [0.2, 0.25) is 5.43 Å². The maximum atomic E-state index is 13.7. The highest BCUT2D eigenvalue weighted by Gasteiger charge is 2.18. The Hall–Kier alpha value is -3.73. The van der Waals surface area contributed by atoms with Gasteiger partial charge in [0.25, 0.3) is 5.91 Å². The van der Waals surface area contributed by atoms with Crippen LogP contribution in [0.2, 0.25) is 5.02 Å². The highest BCUT2D eigenvalue weighted by Crippen LogP contribution is 2.20. The average Bonchev–Trinajstić information content (AvgIpc) is 2.99. The van der Waals surface area contributed by atoms with Crippen LogP contribution >= 0.6 is 11.6 Å². The van der Waals surface area contributed by atoms with Gasteiger partial charge in [0.05, 0.1) is 37.0 Å². The number of ether oxygens (including phenoxy) is 2. The number of carbonyl (C=O) groups is 1. The third kappa shape index (κ3) is 10.1. The predicted molar refractivity (Wildman–Crippen MR) is 177 cm³/mol. The van der Waals surface area contributed by atoms with E-state index in [-0.39, 0.29) is 28.9 Å². The molecule has 0 aliphatic rings. The molecule has 10 heteroatoms. The number of benzene rings is 3. The predicted octanol–water partition coefficient (Wildman–Crippen LogP) is 5.29. The molecule has 9 nitrogen and oxygen atoms in total. The Balaban J connectivity index is 1.53. The molecule has 45 heavy (non-hydrogen) atoms. The molecular weight excluding hydrogens is 594 g/mol. The first-order valence-electron chi connectivity index (χ1n) is 15.0. The van der Waals surface area contributed by atoms with E-state index >= 15 is 0 Å². The van der Waals surface area contributed by atoms with Crippen LogP contribution in [0.1, 0.15) is 53.9 Å². The van der Waals surface area contributed by atoms with Crippen LogP contribution in [0, 0.1) is 0 Å². The summed E-state index contributed by atoms with van der Waals surface area (Å²) < 4.78 is 13.4. The highest BCUT2D eigenvalue weighted by molar-refractivity contribution is 6.30. The van der Waals surface area contributed by atoms with Crippen LogP contribution in [0.25, 0.3) is 10.9 Å². The summed E-state index contributed by atoms with van der Waals surface area (Å²) in [6, 6.07) is 19.2. The SMILES string of the molecule is CN(Cc1ccc2c(c1)c(=O)c(C(=O)NCc1ccc(Cl)cc1)cn2CCOCCOC(C)(C)C)CC(O)c1ccc(O)cc1. The average molecular weight is 636 g/mol. The van der Waals surface area contributed by atoms with Gasteiger partial charge in [0, 0.05) is 42.8 Å². The number of aromatic hydroxyl groups is 1. The number of likely N-dealkylation sites (N-methyl/N-ethyl adjacent to an activating group) is 1. The van der Waals surface area contributed by atoms with Crippen molar-refractivity contribution in [3.05, 3.63) is 110 Å². The first-order chi connectivity index (χ1) is 21.4. The van der Waals surface area contributed by atoms with Crippen molar-refractivity contribution in [1.82, 2.24) is 14.8 Å². The minimum atomic E-state index is -0.752.